The Hall–Kier alpha value is -3.48. The third-order valence-corrected chi connectivity index (χ3v) is 6.54. The first kappa shape index (κ1) is 29.5. The molecule has 10 nitrogen and oxygen atoms in total. The Morgan fingerprint density at radius 2 is 1.88 bits per heavy atom. The van der Waals surface area contributed by atoms with Crippen LogP contribution in [0.1, 0.15) is 21.5 Å². The highest BCUT2D eigenvalue weighted by molar-refractivity contribution is 7.46. The van der Waals surface area contributed by atoms with Crippen LogP contribution >= 0.6 is 7.82 Å². The lowest BCUT2D eigenvalue weighted by Gasteiger charge is -2.30. The fraction of sp³-hybridized carbons (Fsp3) is 0.308. The molecule has 0 aliphatic carbocycles. The SMILES string of the molecule is Cc1ccc(NC(=O)c2cccc(C(F)(F)F)c2)cc1-c1cnc(OCCOP(=O)(O)O)c(N2CCOCC2)c1. The number of halogens is 3. The second-order valence-electron chi connectivity index (χ2n) is 8.88. The highest BCUT2D eigenvalue weighted by atomic mass is 31.2. The molecule has 14 heteroatoms. The molecule has 40 heavy (non-hydrogen) atoms. The van der Waals surface area contributed by atoms with E-state index in [2.05, 4.69) is 14.8 Å². The Kier molecular flexibility index (Phi) is 9.12. The molecule has 3 aromatic rings. The number of hydrogen-bond acceptors (Lipinski definition) is 7. The van der Waals surface area contributed by atoms with Crippen molar-refractivity contribution in [1.82, 2.24) is 4.98 Å². The molecule has 1 aliphatic heterocycles. The monoisotopic (exact) mass is 581 g/mol. The van der Waals surface area contributed by atoms with E-state index in [9.17, 15) is 22.5 Å². The van der Waals surface area contributed by atoms with Crippen molar-refractivity contribution < 1.29 is 46.3 Å². The number of alkyl halides is 3. The molecular weight excluding hydrogens is 554 g/mol. The van der Waals surface area contributed by atoms with Gasteiger partial charge in [-0.1, -0.05) is 12.1 Å². The van der Waals surface area contributed by atoms with Crippen molar-refractivity contribution in [2.24, 2.45) is 0 Å². The first-order chi connectivity index (χ1) is 18.9. The van der Waals surface area contributed by atoms with Gasteiger partial charge >= 0.3 is 14.0 Å². The van der Waals surface area contributed by atoms with Gasteiger partial charge in [0.1, 0.15) is 12.3 Å². The highest BCUT2D eigenvalue weighted by Gasteiger charge is 2.31. The van der Waals surface area contributed by atoms with Gasteiger partial charge in [-0.25, -0.2) is 9.55 Å². The van der Waals surface area contributed by atoms with Gasteiger partial charge in [0.15, 0.2) is 0 Å². The number of aryl methyl sites for hydroxylation is 1. The number of anilines is 2. The average Bonchev–Trinajstić information content (AvgIpc) is 2.92. The molecule has 4 rings (SSSR count). The number of pyridine rings is 1. The molecule has 0 radical (unpaired) electrons. The number of hydrogen-bond donors (Lipinski definition) is 3. The third kappa shape index (κ3) is 7.80. The van der Waals surface area contributed by atoms with Crippen LogP contribution in [-0.4, -0.2) is 60.2 Å². The van der Waals surface area contributed by atoms with Crippen molar-refractivity contribution in [3.05, 3.63) is 71.4 Å². The smallest absolute Gasteiger partial charge is 0.469 e. The number of carbonyl (C=O) groups is 1. The predicted molar refractivity (Wildman–Crippen MR) is 140 cm³/mol. The number of nitrogens with zero attached hydrogens (tertiary/aromatic N) is 2. The Morgan fingerprint density at radius 1 is 1.12 bits per heavy atom. The van der Waals surface area contributed by atoms with Gasteiger partial charge in [0.2, 0.25) is 5.88 Å². The maximum Gasteiger partial charge on any atom is 0.469 e. The van der Waals surface area contributed by atoms with Crippen molar-refractivity contribution in [2.45, 2.75) is 13.1 Å². The van der Waals surface area contributed by atoms with E-state index in [4.69, 9.17) is 19.3 Å². The van der Waals surface area contributed by atoms with Crippen LogP contribution < -0.4 is 15.0 Å². The molecule has 1 saturated heterocycles. The quantitative estimate of drug-likeness (QED) is 0.244. The number of aromatic nitrogens is 1. The van der Waals surface area contributed by atoms with Crippen molar-refractivity contribution in [3.63, 3.8) is 0 Å². The van der Waals surface area contributed by atoms with Crippen LogP contribution in [-0.2, 0) is 20.0 Å². The lowest BCUT2D eigenvalue weighted by molar-refractivity contribution is -0.137. The molecule has 1 fully saturated rings. The van der Waals surface area contributed by atoms with Gasteiger partial charge in [-0.2, -0.15) is 13.2 Å². The van der Waals surface area contributed by atoms with E-state index in [1.54, 1.807) is 24.4 Å². The summed E-state index contributed by atoms with van der Waals surface area (Å²) in [6.45, 7) is 3.47. The number of carbonyl (C=O) groups excluding carboxylic acids is 1. The number of nitrogens with one attached hydrogen (secondary N) is 1. The van der Waals surface area contributed by atoms with E-state index in [0.29, 0.717) is 43.2 Å². The number of phosphoric acid groups is 1. The Balaban J connectivity index is 1.58. The van der Waals surface area contributed by atoms with Crippen LogP contribution in [0.3, 0.4) is 0 Å². The minimum Gasteiger partial charge on any atom is -0.474 e. The molecule has 3 N–H and O–H groups in total. The summed E-state index contributed by atoms with van der Waals surface area (Å²) >= 11 is 0. The molecule has 1 aliphatic rings. The Labute approximate surface area is 227 Å². The molecule has 214 valence electrons. The summed E-state index contributed by atoms with van der Waals surface area (Å²) in [5.41, 5.74) is 2.24. The van der Waals surface area contributed by atoms with Gasteiger partial charge in [-0.15, -0.1) is 0 Å². The number of amides is 1. The molecule has 0 unspecified atom stereocenters. The summed E-state index contributed by atoms with van der Waals surface area (Å²) in [7, 11) is -4.63. The molecule has 0 spiro atoms. The van der Waals surface area contributed by atoms with Gasteiger partial charge in [0.25, 0.3) is 5.91 Å². The number of morpholine rings is 1. The fourth-order valence-electron chi connectivity index (χ4n) is 4.08. The first-order valence-electron chi connectivity index (χ1n) is 12.2. The van der Waals surface area contributed by atoms with Crippen LogP contribution in [0.15, 0.2) is 54.7 Å². The minimum atomic E-state index is -4.63. The topological polar surface area (TPSA) is 130 Å². The summed E-state index contributed by atoms with van der Waals surface area (Å²) in [4.78, 5) is 36.9. The molecule has 0 atom stereocenters. The Bertz CT molecular complexity index is 1410. The summed E-state index contributed by atoms with van der Waals surface area (Å²) in [5.74, 6) is -0.444. The molecule has 0 bridgehead atoms. The first-order valence-corrected chi connectivity index (χ1v) is 13.7. The molecule has 2 aromatic carbocycles. The molecular formula is C26H27F3N3O7P. The normalized spacial score (nSPS) is 14.2. The van der Waals surface area contributed by atoms with Crippen LogP contribution in [0.25, 0.3) is 11.1 Å². The molecule has 1 amide bonds. The minimum absolute atomic E-state index is 0.127. The van der Waals surface area contributed by atoms with Crippen molar-refractivity contribution in [2.75, 3.05) is 49.7 Å². The molecule has 2 heterocycles. The highest BCUT2D eigenvalue weighted by Crippen LogP contribution is 2.37. The summed E-state index contributed by atoms with van der Waals surface area (Å²) in [6, 6.07) is 11.2. The van der Waals surface area contributed by atoms with Gasteiger partial charge in [-0.05, 0) is 54.4 Å². The van der Waals surface area contributed by atoms with E-state index < -0.39 is 25.5 Å². The van der Waals surface area contributed by atoms with Crippen molar-refractivity contribution >= 4 is 25.1 Å². The summed E-state index contributed by atoms with van der Waals surface area (Å²) in [6.07, 6.45) is -3.01. The molecule has 0 saturated carbocycles. The van der Waals surface area contributed by atoms with E-state index in [0.717, 1.165) is 23.3 Å². The summed E-state index contributed by atoms with van der Waals surface area (Å²) in [5, 5.41) is 2.65. The lowest BCUT2D eigenvalue weighted by atomic mass is 10.0. The van der Waals surface area contributed by atoms with Crippen molar-refractivity contribution in [1.29, 1.82) is 0 Å². The third-order valence-electron chi connectivity index (χ3n) is 6.02. The Morgan fingerprint density at radius 3 is 2.58 bits per heavy atom. The second kappa shape index (κ2) is 12.4. The number of rotatable bonds is 9. The van der Waals surface area contributed by atoms with E-state index in [1.165, 1.54) is 12.1 Å². The van der Waals surface area contributed by atoms with Crippen LogP contribution in [0.4, 0.5) is 24.5 Å². The average molecular weight is 581 g/mol. The van der Waals surface area contributed by atoms with Crippen LogP contribution in [0.5, 0.6) is 5.88 Å². The van der Waals surface area contributed by atoms with Gasteiger partial charge in [0.05, 0.1) is 25.4 Å². The van der Waals surface area contributed by atoms with Crippen LogP contribution in [0, 0.1) is 6.92 Å². The number of ether oxygens (including phenoxy) is 2. The second-order valence-corrected chi connectivity index (χ2v) is 10.1. The number of benzene rings is 2. The maximum absolute atomic E-state index is 13.1. The van der Waals surface area contributed by atoms with Crippen molar-refractivity contribution in [3.8, 4) is 17.0 Å². The standard InChI is InChI=1S/C26H27F3N3O7P/c1-17-5-6-21(31-24(33)18-3-2-4-20(13-18)26(27,28)29)15-22(17)19-14-23(32-7-9-37-10-8-32)25(30-16-19)38-11-12-39-40(34,35)36/h2-6,13-16H,7-12H2,1H3,(H,31,33)(H2,34,35,36). The van der Waals surface area contributed by atoms with Gasteiger partial charge < -0.3 is 29.5 Å². The van der Waals surface area contributed by atoms with E-state index in [-0.39, 0.29) is 24.7 Å². The zero-order valence-corrected chi connectivity index (χ0v) is 22.2. The predicted octanol–water partition coefficient (Wildman–Crippen LogP) is 4.65. The maximum atomic E-state index is 13.1. The largest absolute Gasteiger partial charge is 0.474 e. The lowest BCUT2D eigenvalue weighted by Crippen LogP contribution is -2.36. The zero-order valence-electron chi connectivity index (χ0n) is 21.3. The van der Waals surface area contributed by atoms with Crippen LogP contribution in [0.2, 0.25) is 0 Å². The zero-order chi connectivity index (χ0) is 28.9. The molecule has 1 aromatic heterocycles. The number of phosphoric ester groups is 1. The van der Waals surface area contributed by atoms with E-state index >= 15 is 0 Å². The van der Waals surface area contributed by atoms with Gasteiger partial charge in [0, 0.05) is 36.1 Å². The van der Waals surface area contributed by atoms with Gasteiger partial charge in [-0.3, -0.25) is 9.32 Å². The fourth-order valence-corrected chi connectivity index (χ4v) is 4.39. The summed E-state index contributed by atoms with van der Waals surface area (Å²) < 4.78 is 65.7. The van der Waals surface area contributed by atoms with E-state index in [1.807, 2.05) is 17.9 Å².